The summed E-state index contributed by atoms with van der Waals surface area (Å²) in [6.07, 6.45) is 3.53. The number of hydrogen-bond donors (Lipinski definition) is 1. The highest BCUT2D eigenvalue weighted by Crippen LogP contribution is 2.23. The number of methoxy groups -OCH3 is 1. The summed E-state index contributed by atoms with van der Waals surface area (Å²) in [5.74, 6) is 0. The molecule has 0 amide bonds. The zero-order valence-electron chi connectivity index (χ0n) is 12.4. The van der Waals surface area contributed by atoms with E-state index in [1.54, 1.807) is 7.11 Å². The van der Waals surface area contributed by atoms with Gasteiger partial charge in [0.2, 0.25) is 0 Å². The second-order valence-corrected chi connectivity index (χ2v) is 6.13. The van der Waals surface area contributed by atoms with Crippen LogP contribution in [-0.4, -0.2) is 43.3 Å². The minimum Gasteiger partial charge on any atom is -0.381 e. The van der Waals surface area contributed by atoms with E-state index in [9.17, 15) is 0 Å². The van der Waals surface area contributed by atoms with Gasteiger partial charge in [-0.15, -0.1) is 0 Å². The highest BCUT2D eigenvalue weighted by atomic mass is 35.5. The average Bonchev–Trinajstić information content (AvgIpc) is 2.48. The molecule has 20 heavy (non-hydrogen) atoms. The van der Waals surface area contributed by atoms with Gasteiger partial charge in [-0.2, -0.15) is 0 Å². The first-order chi connectivity index (χ1) is 9.63. The zero-order chi connectivity index (χ0) is 14.5. The molecule has 3 unspecified atom stereocenters. The second kappa shape index (κ2) is 7.41. The van der Waals surface area contributed by atoms with E-state index in [4.69, 9.17) is 22.1 Å². The maximum atomic E-state index is 5.95. The fourth-order valence-electron chi connectivity index (χ4n) is 3.14. The number of halogens is 1. The molecule has 0 spiro atoms. The Balaban J connectivity index is 1.97. The third kappa shape index (κ3) is 3.95. The van der Waals surface area contributed by atoms with E-state index in [2.05, 4.69) is 24.0 Å². The summed E-state index contributed by atoms with van der Waals surface area (Å²) in [5.41, 5.74) is 7.27. The van der Waals surface area contributed by atoms with Crippen molar-refractivity contribution in [1.82, 2.24) is 4.90 Å². The number of ether oxygens (including phenoxy) is 1. The van der Waals surface area contributed by atoms with Gasteiger partial charge in [-0.3, -0.25) is 4.90 Å². The lowest BCUT2D eigenvalue weighted by Crippen LogP contribution is -2.52. The lowest BCUT2D eigenvalue weighted by molar-refractivity contribution is -0.00105. The van der Waals surface area contributed by atoms with Gasteiger partial charge in [0.1, 0.15) is 0 Å². The van der Waals surface area contributed by atoms with E-state index >= 15 is 0 Å². The quantitative estimate of drug-likeness (QED) is 0.908. The van der Waals surface area contributed by atoms with Crippen LogP contribution in [0.2, 0.25) is 5.02 Å². The summed E-state index contributed by atoms with van der Waals surface area (Å²) in [4.78, 5) is 2.53. The van der Waals surface area contributed by atoms with E-state index in [0.29, 0.717) is 24.7 Å². The van der Waals surface area contributed by atoms with Crippen LogP contribution in [0.15, 0.2) is 24.3 Å². The largest absolute Gasteiger partial charge is 0.381 e. The molecule has 1 fully saturated rings. The Morgan fingerprint density at radius 1 is 1.40 bits per heavy atom. The molecule has 1 saturated heterocycles. The van der Waals surface area contributed by atoms with Crippen molar-refractivity contribution in [3.05, 3.63) is 34.9 Å². The first kappa shape index (κ1) is 15.8. The van der Waals surface area contributed by atoms with Crippen molar-refractivity contribution in [1.29, 1.82) is 0 Å². The number of likely N-dealkylation sites (tertiary alicyclic amines) is 1. The molecule has 4 heteroatoms. The Bertz CT molecular complexity index is 409. The Kier molecular flexibility index (Phi) is 5.85. The standard InChI is InChI=1S/C16H25ClN2O/c1-12(9-13-3-5-14(17)6-4-13)19-8-7-16(20-2)10-15(19)11-18/h3-6,12,15-16H,7-11,18H2,1-2H3. The molecule has 1 aromatic carbocycles. The first-order valence-electron chi connectivity index (χ1n) is 7.37. The van der Waals surface area contributed by atoms with Crippen molar-refractivity contribution >= 4 is 11.6 Å². The van der Waals surface area contributed by atoms with Crippen LogP contribution in [0, 0.1) is 0 Å². The van der Waals surface area contributed by atoms with Gasteiger partial charge in [-0.25, -0.2) is 0 Å². The molecule has 0 radical (unpaired) electrons. The molecule has 2 rings (SSSR count). The minimum atomic E-state index is 0.363. The van der Waals surface area contributed by atoms with E-state index in [0.717, 1.165) is 30.8 Å². The summed E-state index contributed by atoms with van der Waals surface area (Å²) < 4.78 is 5.49. The van der Waals surface area contributed by atoms with Crippen LogP contribution in [0.4, 0.5) is 0 Å². The van der Waals surface area contributed by atoms with Crippen LogP contribution >= 0.6 is 11.6 Å². The number of piperidine rings is 1. The smallest absolute Gasteiger partial charge is 0.0599 e. The molecule has 1 aliphatic heterocycles. The Hall–Kier alpha value is -0.610. The van der Waals surface area contributed by atoms with Crippen molar-refractivity contribution < 1.29 is 4.74 Å². The van der Waals surface area contributed by atoms with E-state index in [1.165, 1.54) is 5.56 Å². The molecular weight excluding hydrogens is 272 g/mol. The van der Waals surface area contributed by atoms with Gasteiger partial charge in [0.15, 0.2) is 0 Å². The van der Waals surface area contributed by atoms with Gasteiger partial charge in [0.05, 0.1) is 6.10 Å². The predicted octanol–water partition coefficient (Wildman–Crippen LogP) is 2.71. The number of benzene rings is 1. The second-order valence-electron chi connectivity index (χ2n) is 5.69. The topological polar surface area (TPSA) is 38.5 Å². The molecule has 0 bridgehead atoms. The van der Waals surface area contributed by atoms with Gasteiger partial charge >= 0.3 is 0 Å². The van der Waals surface area contributed by atoms with Crippen LogP contribution in [0.5, 0.6) is 0 Å². The Morgan fingerprint density at radius 2 is 2.10 bits per heavy atom. The summed E-state index contributed by atoms with van der Waals surface area (Å²) in [7, 11) is 1.80. The number of hydrogen-bond acceptors (Lipinski definition) is 3. The average molecular weight is 297 g/mol. The van der Waals surface area contributed by atoms with E-state index < -0.39 is 0 Å². The first-order valence-corrected chi connectivity index (χ1v) is 7.75. The van der Waals surface area contributed by atoms with Gasteiger partial charge in [-0.1, -0.05) is 23.7 Å². The zero-order valence-corrected chi connectivity index (χ0v) is 13.1. The summed E-state index contributed by atoms with van der Waals surface area (Å²) >= 11 is 5.93. The maximum absolute atomic E-state index is 5.95. The number of nitrogens with zero attached hydrogens (tertiary/aromatic N) is 1. The highest BCUT2D eigenvalue weighted by Gasteiger charge is 2.30. The molecule has 0 aromatic heterocycles. The van der Waals surface area contributed by atoms with Gasteiger partial charge in [0, 0.05) is 37.3 Å². The fraction of sp³-hybridized carbons (Fsp3) is 0.625. The molecule has 3 atom stereocenters. The minimum absolute atomic E-state index is 0.363. The monoisotopic (exact) mass is 296 g/mol. The molecule has 112 valence electrons. The predicted molar refractivity (Wildman–Crippen MR) is 84.2 cm³/mol. The molecular formula is C16H25ClN2O. The summed E-state index contributed by atoms with van der Waals surface area (Å²) in [6.45, 7) is 4.05. The van der Waals surface area contributed by atoms with Crippen molar-refractivity contribution in [2.45, 2.75) is 44.4 Å². The molecule has 3 nitrogen and oxygen atoms in total. The van der Waals surface area contributed by atoms with Gasteiger partial charge in [-0.05, 0) is 43.9 Å². The fourth-order valence-corrected chi connectivity index (χ4v) is 3.26. The van der Waals surface area contributed by atoms with E-state index in [-0.39, 0.29) is 0 Å². The van der Waals surface area contributed by atoms with Crippen LogP contribution in [-0.2, 0) is 11.2 Å². The molecule has 1 heterocycles. The Labute approximate surface area is 127 Å². The SMILES string of the molecule is COC1CCN(C(C)Cc2ccc(Cl)cc2)C(CN)C1. The maximum Gasteiger partial charge on any atom is 0.0599 e. The van der Waals surface area contributed by atoms with Crippen molar-refractivity contribution in [2.24, 2.45) is 5.73 Å². The van der Waals surface area contributed by atoms with Crippen LogP contribution in [0.25, 0.3) is 0 Å². The normalized spacial score (nSPS) is 25.6. The summed E-state index contributed by atoms with van der Waals surface area (Å²) in [6, 6.07) is 9.05. The van der Waals surface area contributed by atoms with Gasteiger partial charge < -0.3 is 10.5 Å². The molecule has 0 aliphatic carbocycles. The molecule has 2 N–H and O–H groups in total. The van der Waals surface area contributed by atoms with Crippen LogP contribution in [0.1, 0.15) is 25.3 Å². The van der Waals surface area contributed by atoms with Crippen molar-refractivity contribution in [2.75, 3.05) is 20.2 Å². The van der Waals surface area contributed by atoms with Crippen LogP contribution in [0.3, 0.4) is 0 Å². The molecule has 0 saturated carbocycles. The Morgan fingerprint density at radius 3 is 2.70 bits per heavy atom. The number of nitrogens with two attached hydrogens (primary N) is 1. The van der Waals surface area contributed by atoms with Crippen molar-refractivity contribution in [3.63, 3.8) is 0 Å². The summed E-state index contributed by atoms with van der Waals surface area (Å²) in [5, 5.41) is 0.794. The molecule has 1 aliphatic rings. The van der Waals surface area contributed by atoms with Crippen LogP contribution < -0.4 is 5.73 Å². The molecule has 1 aromatic rings. The highest BCUT2D eigenvalue weighted by molar-refractivity contribution is 6.30. The third-order valence-corrected chi connectivity index (χ3v) is 4.58. The van der Waals surface area contributed by atoms with Gasteiger partial charge in [0.25, 0.3) is 0 Å². The van der Waals surface area contributed by atoms with Crippen molar-refractivity contribution in [3.8, 4) is 0 Å². The lowest BCUT2D eigenvalue weighted by Gasteiger charge is -2.42. The third-order valence-electron chi connectivity index (χ3n) is 4.33. The van der Waals surface area contributed by atoms with E-state index in [1.807, 2.05) is 12.1 Å². The lowest BCUT2D eigenvalue weighted by atomic mass is 9.95. The number of rotatable bonds is 5.